The molecule has 3 aromatic carbocycles. The van der Waals surface area contributed by atoms with Crippen molar-refractivity contribution in [3.63, 3.8) is 0 Å². The first kappa shape index (κ1) is 43.6. The summed E-state index contributed by atoms with van der Waals surface area (Å²) in [4.78, 5) is 112. The molecule has 0 saturated heterocycles. The van der Waals surface area contributed by atoms with E-state index in [2.05, 4.69) is 42.5 Å². The predicted molar refractivity (Wildman–Crippen MR) is 202 cm³/mol. The Morgan fingerprint density at radius 1 is 0.571 bits per heavy atom. The highest BCUT2D eigenvalue weighted by molar-refractivity contribution is 5.96. The van der Waals surface area contributed by atoms with Gasteiger partial charge in [0, 0.05) is 25.8 Å². The van der Waals surface area contributed by atoms with Crippen LogP contribution in [-0.4, -0.2) is 110 Å². The van der Waals surface area contributed by atoms with Gasteiger partial charge in [0.25, 0.3) is 0 Å². The number of carboxylic acids is 1. The zero-order valence-electron chi connectivity index (χ0n) is 30.7. The molecule has 0 saturated carbocycles. The van der Waals surface area contributed by atoms with Crippen molar-refractivity contribution < 1.29 is 48.3 Å². The Morgan fingerprint density at radius 3 is 1.79 bits per heavy atom. The average Bonchev–Trinajstić information content (AvgIpc) is 3.18. The molecule has 8 amide bonds. The van der Waals surface area contributed by atoms with Gasteiger partial charge >= 0.3 is 5.97 Å². The van der Waals surface area contributed by atoms with Crippen LogP contribution in [0.3, 0.4) is 0 Å². The van der Waals surface area contributed by atoms with Crippen LogP contribution >= 0.6 is 0 Å². The second-order valence-electron chi connectivity index (χ2n) is 12.5. The first-order valence-electron chi connectivity index (χ1n) is 17.8. The summed E-state index contributed by atoms with van der Waals surface area (Å²) in [5, 5.41) is 30.5. The van der Waals surface area contributed by atoms with Crippen LogP contribution in [0.15, 0.2) is 72.8 Å². The van der Waals surface area contributed by atoms with Crippen molar-refractivity contribution in [3.05, 3.63) is 83.9 Å². The molecule has 18 nitrogen and oxygen atoms in total. The lowest BCUT2D eigenvalue weighted by Crippen LogP contribution is -2.56. The first-order valence-corrected chi connectivity index (χ1v) is 17.8. The number of nitrogens with one attached hydrogen (secondary N) is 8. The number of hydrogen-bond donors (Lipinski definition) is 9. The maximum Gasteiger partial charge on any atom is 0.303 e. The highest BCUT2D eigenvalue weighted by Crippen LogP contribution is 2.17. The van der Waals surface area contributed by atoms with Crippen LogP contribution in [0.2, 0.25) is 0 Å². The molecule has 3 atom stereocenters. The third kappa shape index (κ3) is 15.6. The molecule has 3 unspecified atom stereocenters. The van der Waals surface area contributed by atoms with Crippen LogP contribution in [-0.2, 0) is 56.0 Å². The number of aliphatic carboxylic acids is 1. The van der Waals surface area contributed by atoms with Gasteiger partial charge in [-0.3, -0.25) is 43.2 Å². The molecule has 3 rings (SSSR count). The molecule has 298 valence electrons. The zero-order chi connectivity index (χ0) is 40.9. The SMILES string of the molecule is CCNC(=O)CNC(=O)CNC(=O)C(Cc1ccc2ccccc2c1)NC(=O)CNC(=O)C(Cc1ccccc1)NC(=O)C(CCC(=O)O)NC(=O)CNC=O. The van der Waals surface area contributed by atoms with E-state index in [1.165, 1.54) is 0 Å². The van der Waals surface area contributed by atoms with Crippen LogP contribution in [0.4, 0.5) is 0 Å². The maximum absolute atomic E-state index is 13.5. The van der Waals surface area contributed by atoms with Gasteiger partial charge in [0.15, 0.2) is 0 Å². The average molecular weight is 775 g/mol. The fourth-order valence-electron chi connectivity index (χ4n) is 5.39. The van der Waals surface area contributed by atoms with Crippen LogP contribution in [0.25, 0.3) is 10.8 Å². The highest BCUT2D eigenvalue weighted by atomic mass is 16.4. The van der Waals surface area contributed by atoms with Crippen molar-refractivity contribution in [1.82, 2.24) is 42.5 Å². The van der Waals surface area contributed by atoms with Crippen LogP contribution in [0, 0.1) is 0 Å². The molecular formula is C38H46N8O10. The van der Waals surface area contributed by atoms with Gasteiger partial charge in [-0.1, -0.05) is 72.8 Å². The highest BCUT2D eigenvalue weighted by Gasteiger charge is 2.29. The van der Waals surface area contributed by atoms with Crippen molar-refractivity contribution in [3.8, 4) is 0 Å². The topological polar surface area (TPSA) is 270 Å². The van der Waals surface area contributed by atoms with Gasteiger partial charge < -0.3 is 47.6 Å². The quantitative estimate of drug-likeness (QED) is 0.0487. The summed E-state index contributed by atoms with van der Waals surface area (Å²) in [5.74, 6) is -6.23. The van der Waals surface area contributed by atoms with E-state index in [0.29, 0.717) is 17.7 Å². The Balaban J connectivity index is 1.73. The predicted octanol–water partition coefficient (Wildman–Crippen LogP) is -1.83. The molecule has 0 fully saturated rings. The van der Waals surface area contributed by atoms with Crippen molar-refractivity contribution in [2.75, 3.05) is 32.7 Å². The van der Waals surface area contributed by atoms with E-state index in [4.69, 9.17) is 0 Å². The molecule has 0 heterocycles. The summed E-state index contributed by atoms with van der Waals surface area (Å²) in [6.07, 6.45) is -0.592. The zero-order valence-corrected chi connectivity index (χ0v) is 30.7. The molecule has 0 aromatic heterocycles. The number of rotatable bonds is 23. The molecule has 0 aliphatic heterocycles. The fraction of sp³-hybridized carbons (Fsp3) is 0.342. The van der Waals surface area contributed by atoms with Gasteiger partial charge in [0.05, 0.1) is 26.2 Å². The van der Waals surface area contributed by atoms with E-state index in [-0.39, 0.29) is 32.2 Å². The van der Waals surface area contributed by atoms with Gasteiger partial charge in [0.1, 0.15) is 18.1 Å². The van der Waals surface area contributed by atoms with Crippen molar-refractivity contribution >= 4 is 64.5 Å². The standard InChI is InChI=1S/C38H46N8O10/c1-2-40-31(48)20-41-32(49)21-42-36(54)29(18-25-12-13-26-10-6-7-11-27(26)16-25)45-34(51)22-43-37(55)30(17-24-8-4-3-5-9-24)46-38(56)28(14-15-35(52)53)44-33(50)19-39-23-47/h3-13,16,23,28-30H,2,14-15,17-22H2,1H3,(H,39,47)(H,40,48)(H,41,49)(H,42,54)(H,43,55)(H,44,50)(H,45,51)(H,46,56)(H,52,53). The number of fused-ring (bicyclic) bond motifs is 1. The van der Waals surface area contributed by atoms with E-state index in [0.717, 1.165) is 10.8 Å². The second kappa shape index (κ2) is 23.0. The summed E-state index contributed by atoms with van der Waals surface area (Å²) < 4.78 is 0. The monoisotopic (exact) mass is 774 g/mol. The van der Waals surface area contributed by atoms with Gasteiger partial charge in [-0.25, -0.2) is 0 Å². The maximum atomic E-state index is 13.5. The van der Waals surface area contributed by atoms with E-state index in [1.54, 1.807) is 43.3 Å². The number of carbonyl (C=O) groups excluding carboxylic acids is 8. The second-order valence-corrected chi connectivity index (χ2v) is 12.5. The summed E-state index contributed by atoms with van der Waals surface area (Å²) in [6, 6.07) is 17.7. The Labute approximate surface area is 322 Å². The molecular weight excluding hydrogens is 728 g/mol. The molecule has 0 radical (unpaired) electrons. The number of amides is 8. The number of hydrogen-bond acceptors (Lipinski definition) is 9. The smallest absolute Gasteiger partial charge is 0.303 e. The summed E-state index contributed by atoms with van der Waals surface area (Å²) in [6.45, 7) is 0.213. The lowest BCUT2D eigenvalue weighted by atomic mass is 10.0. The summed E-state index contributed by atoms with van der Waals surface area (Å²) >= 11 is 0. The molecule has 0 bridgehead atoms. The minimum atomic E-state index is -1.38. The largest absolute Gasteiger partial charge is 0.481 e. The Kier molecular flexibility index (Phi) is 17.9. The molecule has 0 aliphatic carbocycles. The van der Waals surface area contributed by atoms with Crippen molar-refractivity contribution in [2.24, 2.45) is 0 Å². The van der Waals surface area contributed by atoms with Gasteiger partial charge in [-0.05, 0) is 35.2 Å². The van der Waals surface area contributed by atoms with E-state index in [9.17, 15) is 48.3 Å². The summed E-state index contributed by atoms with van der Waals surface area (Å²) in [7, 11) is 0. The summed E-state index contributed by atoms with van der Waals surface area (Å²) in [5.41, 5.74) is 1.31. The number of likely N-dealkylation sites (N-methyl/N-ethyl adjacent to an activating group) is 1. The van der Waals surface area contributed by atoms with Gasteiger partial charge in [0.2, 0.25) is 47.8 Å². The number of carbonyl (C=O) groups is 9. The molecule has 18 heteroatoms. The van der Waals surface area contributed by atoms with E-state index < -0.39 is 91.5 Å². The van der Waals surface area contributed by atoms with Crippen LogP contribution in [0.1, 0.15) is 30.9 Å². The van der Waals surface area contributed by atoms with Gasteiger partial charge in [-0.15, -0.1) is 0 Å². The Morgan fingerprint density at radius 2 is 1.12 bits per heavy atom. The van der Waals surface area contributed by atoms with Crippen molar-refractivity contribution in [1.29, 1.82) is 0 Å². The molecule has 3 aromatic rings. The molecule has 0 spiro atoms. The number of benzene rings is 3. The third-order valence-electron chi connectivity index (χ3n) is 8.13. The minimum absolute atomic E-state index is 0.00931. The lowest BCUT2D eigenvalue weighted by Gasteiger charge is -2.23. The number of carboxylic acid groups (broad SMARTS) is 1. The van der Waals surface area contributed by atoms with Crippen LogP contribution < -0.4 is 42.5 Å². The Bertz CT molecular complexity index is 1870. The molecule has 56 heavy (non-hydrogen) atoms. The fourth-order valence-corrected chi connectivity index (χ4v) is 5.39. The first-order chi connectivity index (χ1) is 26.9. The Hall–Kier alpha value is -6.85. The molecule has 0 aliphatic rings. The van der Waals surface area contributed by atoms with E-state index in [1.807, 2.05) is 36.4 Å². The lowest BCUT2D eigenvalue weighted by molar-refractivity contribution is -0.138. The van der Waals surface area contributed by atoms with E-state index >= 15 is 0 Å². The minimum Gasteiger partial charge on any atom is -0.481 e. The van der Waals surface area contributed by atoms with Gasteiger partial charge in [-0.2, -0.15) is 0 Å². The normalized spacial score (nSPS) is 12.1. The molecule has 9 N–H and O–H groups in total. The van der Waals surface area contributed by atoms with Crippen LogP contribution in [0.5, 0.6) is 0 Å². The van der Waals surface area contributed by atoms with Crippen molar-refractivity contribution in [2.45, 2.75) is 50.7 Å². The third-order valence-corrected chi connectivity index (χ3v) is 8.13.